The van der Waals surface area contributed by atoms with Gasteiger partial charge < -0.3 is 15.3 Å². The van der Waals surface area contributed by atoms with Crippen LogP contribution in [-0.2, 0) is 4.79 Å². The average Bonchev–Trinajstić information content (AvgIpc) is 2.46. The second kappa shape index (κ2) is 5.64. The van der Waals surface area contributed by atoms with Crippen molar-refractivity contribution >= 4 is 17.8 Å². The van der Waals surface area contributed by atoms with E-state index in [0.717, 1.165) is 19.4 Å². The summed E-state index contributed by atoms with van der Waals surface area (Å²) in [5.74, 6) is -0.625. The van der Waals surface area contributed by atoms with Crippen molar-refractivity contribution in [1.82, 2.24) is 15.3 Å². The van der Waals surface area contributed by atoms with Gasteiger partial charge in [0, 0.05) is 32.5 Å². The van der Waals surface area contributed by atoms with E-state index in [9.17, 15) is 9.59 Å². The number of carbonyl (C=O) groups is 2. The molecule has 1 aliphatic rings. The fourth-order valence-electron chi connectivity index (χ4n) is 2.17. The minimum Gasteiger partial charge on any atom is -0.478 e. The molecule has 102 valence electrons. The molecule has 1 aromatic heterocycles. The summed E-state index contributed by atoms with van der Waals surface area (Å²) in [7, 11) is 1.62. The zero-order valence-corrected chi connectivity index (χ0v) is 10.7. The van der Waals surface area contributed by atoms with Crippen LogP contribution in [0.2, 0.25) is 0 Å². The summed E-state index contributed by atoms with van der Waals surface area (Å²) in [5, 5.41) is 11.4. The van der Waals surface area contributed by atoms with Crippen LogP contribution in [0.5, 0.6) is 0 Å². The standard InChI is InChI=1S/C12H16N4O3/c1-13-10(17)8-3-2-4-16(7-8)12-14-5-9(6-15-12)11(18)19/h5-6,8H,2-4,7H2,1H3,(H,13,17)(H,18,19). The van der Waals surface area contributed by atoms with E-state index in [-0.39, 0.29) is 17.4 Å². The number of carbonyl (C=O) groups excluding carboxylic acids is 1. The maximum atomic E-state index is 11.6. The molecule has 1 amide bonds. The van der Waals surface area contributed by atoms with Gasteiger partial charge in [0.15, 0.2) is 0 Å². The first kappa shape index (κ1) is 13.3. The van der Waals surface area contributed by atoms with Crippen molar-refractivity contribution in [2.75, 3.05) is 25.0 Å². The number of anilines is 1. The lowest BCUT2D eigenvalue weighted by Crippen LogP contribution is -2.42. The summed E-state index contributed by atoms with van der Waals surface area (Å²) in [6.07, 6.45) is 4.31. The molecule has 1 aliphatic heterocycles. The summed E-state index contributed by atoms with van der Waals surface area (Å²) in [6, 6.07) is 0. The van der Waals surface area contributed by atoms with Crippen LogP contribution in [0.3, 0.4) is 0 Å². The monoisotopic (exact) mass is 264 g/mol. The van der Waals surface area contributed by atoms with Crippen LogP contribution in [0.4, 0.5) is 5.95 Å². The van der Waals surface area contributed by atoms with E-state index in [1.54, 1.807) is 7.05 Å². The van der Waals surface area contributed by atoms with Gasteiger partial charge in [-0.2, -0.15) is 0 Å². The Kier molecular flexibility index (Phi) is 3.94. The summed E-state index contributed by atoms with van der Waals surface area (Å²) >= 11 is 0. The van der Waals surface area contributed by atoms with E-state index < -0.39 is 5.97 Å². The molecule has 1 atom stereocenters. The first-order chi connectivity index (χ1) is 9.11. The molecule has 0 aromatic carbocycles. The molecule has 0 radical (unpaired) electrons. The summed E-state index contributed by atoms with van der Waals surface area (Å²) < 4.78 is 0. The van der Waals surface area contributed by atoms with Crippen LogP contribution >= 0.6 is 0 Å². The number of hydrogen-bond acceptors (Lipinski definition) is 5. The summed E-state index contributed by atoms with van der Waals surface area (Å²) in [5.41, 5.74) is 0.0589. The van der Waals surface area contributed by atoms with Crippen LogP contribution in [-0.4, -0.2) is 47.1 Å². The normalized spacial score (nSPS) is 19.0. The molecule has 1 saturated heterocycles. The van der Waals surface area contributed by atoms with Crippen molar-refractivity contribution in [3.05, 3.63) is 18.0 Å². The molecule has 0 spiro atoms. The van der Waals surface area contributed by atoms with Crippen LogP contribution in [0.15, 0.2) is 12.4 Å². The fourth-order valence-corrected chi connectivity index (χ4v) is 2.17. The molecule has 19 heavy (non-hydrogen) atoms. The molecule has 0 saturated carbocycles. The number of aromatic carboxylic acids is 1. The number of amides is 1. The number of aromatic nitrogens is 2. The van der Waals surface area contributed by atoms with Gasteiger partial charge in [0.05, 0.1) is 11.5 Å². The van der Waals surface area contributed by atoms with Crippen LogP contribution in [0.1, 0.15) is 23.2 Å². The quantitative estimate of drug-likeness (QED) is 0.806. The Morgan fingerprint density at radius 3 is 2.68 bits per heavy atom. The van der Waals surface area contributed by atoms with E-state index in [4.69, 9.17) is 5.11 Å². The van der Waals surface area contributed by atoms with Crippen molar-refractivity contribution in [1.29, 1.82) is 0 Å². The highest BCUT2D eigenvalue weighted by atomic mass is 16.4. The van der Waals surface area contributed by atoms with Crippen molar-refractivity contribution in [3.8, 4) is 0 Å². The smallest absolute Gasteiger partial charge is 0.338 e. The second-order valence-electron chi connectivity index (χ2n) is 4.48. The van der Waals surface area contributed by atoms with Crippen LogP contribution < -0.4 is 10.2 Å². The van der Waals surface area contributed by atoms with E-state index in [0.29, 0.717) is 12.5 Å². The molecule has 0 aliphatic carbocycles. The van der Waals surface area contributed by atoms with Crippen molar-refractivity contribution in [3.63, 3.8) is 0 Å². The van der Waals surface area contributed by atoms with Gasteiger partial charge in [-0.25, -0.2) is 14.8 Å². The SMILES string of the molecule is CNC(=O)C1CCCN(c2ncc(C(=O)O)cn2)C1. The minimum atomic E-state index is -1.05. The summed E-state index contributed by atoms with van der Waals surface area (Å²) in [6.45, 7) is 1.34. The molecule has 7 heteroatoms. The zero-order chi connectivity index (χ0) is 13.8. The van der Waals surface area contributed by atoms with Crippen LogP contribution in [0, 0.1) is 5.92 Å². The predicted molar refractivity (Wildman–Crippen MR) is 68.0 cm³/mol. The minimum absolute atomic E-state index is 0.0202. The first-order valence-electron chi connectivity index (χ1n) is 6.13. The Morgan fingerprint density at radius 1 is 1.42 bits per heavy atom. The van der Waals surface area contributed by atoms with Gasteiger partial charge in [-0.15, -0.1) is 0 Å². The van der Waals surface area contributed by atoms with Gasteiger partial charge in [0.2, 0.25) is 11.9 Å². The molecular formula is C12H16N4O3. The van der Waals surface area contributed by atoms with E-state index in [1.807, 2.05) is 4.90 Å². The van der Waals surface area contributed by atoms with E-state index in [1.165, 1.54) is 12.4 Å². The van der Waals surface area contributed by atoms with E-state index >= 15 is 0 Å². The number of nitrogens with one attached hydrogen (secondary N) is 1. The molecular weight excluding hydrogens is 248 g/mol. The van der Waals surface area contributed by atoms with Crippen LogP contribution in [0.25, 0.3) is 0 Å². The maximum Gasteiger partial charge on any atom is 0.338 e. The van der Waals surface area contributed by atoms with E-state index in [2.05, 4.69) is 15.3 Å². The van der Waals surface area contributed by atoms with Gasteiger partial charge >= 0.3 is 5.97 Å². The highest BCUT2D eigenvalue weighted by Crippen LogP contribution is 2.20. The Hall–Kier alpha value is -2.18. The number of carboxylic acids is 1. The second-order valence-corrected chi connectivity index (χ2v) is 4.48. The molecule has 0 bridgehead atoms. The Bertz CT molecular complexity index is 474. The molecule has 2 N–H and O–H groups in total. The molecule has 2 rings (SSSR count). The lowest BCUT2D eigenvalue weighted by atomic mass is 9.97. The third-order valence-corrected chi connectivity index (χ3v) is 3.21. The van der Waals surface area contributed by atoms with Gasteiger partial charge in [-0.3, -0.25) is 4.79 Å². The summed E-state index contributed by atoms with van der Waals surface area (Å²) in [4.78, 5) is 32.4. The molecule has 7 nitrogen and oxygen atoms in total. The topological polar surface area (TPSA) is 95.4 Å². The Labute approximate surface area is 110 Å². The Morgan fingerprint density at radius 2 is 2.11 bits per heavy atom. The number of rotatable bonds is 3. The first-order valence-corrected chi connectivity index (χ1v) is 6.13. The predicted octanol–water partition coefficient (Wildman–Crippen LogP) is 0.137. The molecule has 1 fully saturated rings. The average molecular weight is 264 g/mol. The zero-order valence-electron chi connectivity index (χ0n) is 10.7. The number of carboxylic acid groups (broad SMARTS) is 1. The maximum absolute atomic E-state index is 11.6. The third-order valence-electron chi connectivity index (χ3n) is 3.21. The van der Waals surface area contributed by atoms with Crippen molar-refractivity contribution in [2.45, 2.75) is 12.8 Å². The lowest BCUT2D eigenvalue weighted by Gasteiger charge is -2.31. The van der Waals surface area contributed by atoms with Gasteiger partial charge in [0.1, 0.15) is 0 Å². The fraction of sp³-hybridized carbons (Fsp3) is 0.500. The van der Waals surface area contributed by atoms with Crippen molar-refractivity contribution < 1.29 is 14.7 Å². The largest absolute Gasteiger partial charge is 0.478 e. The highest BCUT2D eigenvalue weighted by molar-refractivity contribution is 5.86. The molecule has 1 aromatic rings. The molecule has 2 heterocycles. The van der Waals surface area contributed by atoms with Gasteiger partial charge in [0.25, 0.3) is 0 Å². The number of piperidine rings is 1. The van der Waals surface area contributed by atoms with Gasteiger partial charge in [-0.05, 0) is 12.8 Å². The lowest BCUT2D eigenvalue weighted by molar-refractivity contribution is -0.124. The number of nitrogens with zero attached hydrogens (tertiary/aromatic N) is 3. The van der Waals surface area contributed by atoms with Gasteiger partial charge in [-0.1, -0.05) is 0 Å². The van der Waals surface area contributed by atoms with Crippen molar-refractivity contribution in [2.24, 2.45) is 5.92 Å². The third kappa shape index (κ3) is 2.98. The highest BCUT2D eigenvalue weighted by Gasteiger charge is 2.26. The molecule has 1 unspecified atom stereocenters. The Balaban J connectivity index is 2.08. The number of hydrogen-bond donors (Lipinski definition) is 2.